The average molecular weight is 506 g/mol. The summed E-state index contributed by atoms with van der Waals surface area (Å²) in [5.41, 5.74) is 5.75. The van der Waals surface area contributed by atoms with Crippen molar-refractivity contribution in [2.24, 2.45) is 0 Å². The summed E-state index contributed by atoms with van der Waals surface area (Å²) >= 11 is 0. The Kier molecular flexibility index (Phi) is 5.81. The molecule has 0 fully saturated rings. The van der Waals surface area contributed by atoms with E-state index in [1.54, 1.807) is 32.8 Å². The van der Waals surface area contributed by atoms with Crippen LogP contribution in [-0.2, 0) is 0 Å². The van der Waals surface area contributed by atoms with Crippen LogP contribution in [0.4, 0.5) is 17.2 Å². The first kappa shape index (κ1) is 23.0. The number of ether oxygens (including phenoxy) is 2. The Morgan fingerprint density at radius 2 is 1.82 bits per heavy atom. The van der Waals surface area contributed by atoms with E-state index >= 15 is 0 Å². The number of aromatic nitrogens is 5. The van der Waals surface area contributed by atoms with E-state index in [2.05, 4.69) is 25.6 Å². The summed E-state index contributed by atoms with van der Waals surface area (Å²) in [5, 5.41) is 6.29. The normalized spacial score (nSPS) is 11.0. The van der Waals surface area contributed by atoms with Crippen molar-refractivity contribution in [3.8, 4) is 22.8 Å². The summed E-state index contributed by atoms with van der Waals surface area (Å²) in [6.45, 7) is 0. The second-order valence-corrected chi connectivity index (χ2v) is 8.50. The SMILES string of the molecule is COc1ccc(Nc2nc(-c3cccc(C(=O)Nc4ccc5nc[nH]c5c4)c3)cn3ccnc23)cc1OC. The van der Waals surface area contributed by atoms with Crippen molar-refractivity contribution in [1.29, 1.82) is 0 Å². The average Bonchev–Trinajstić information content (AvgIpc) is 3.62. The van der Waals surface area contributed by atoms with Crippen molar-refractivity contribution in [3.05, 3.63) is 91.1 Å². The molecule has 3 heterocycles. The topological polar surface area (TPSA) is 118 Å². The van der Waals surface area contributed by atoms with Gasteiger partial charge in [0.05, 0.1) is 37.3 Å². The van der Waals surface area contributed by atoms with Gasteiger partial charge in [0.25, 0.3) is 5.91 Å². The van der Waals surface area contributed by atoms with Crippen LogP contribution in [0.3, 0.4) is 0 Å². The molecule has 0 aliphatic carbocycles. The Morgan fingerprint density at radius 1 is 0.947 bits per heavy atom. The van der Waals surface area contributed by atoms with Gasteiger partial charge in [0.15, 0.2) is 23.0 Å². The van der Waals surface area contributed by atoms with Crippen LogP contribution in [0.2, 0.25) is 0 Å². The number of carbonyl (C=O) groups excluding carboxylic acids is 1. The van der Waals surface area contributed by atoms with Crippen molar-refractivity contribution < 1.29 is 14.3 Å². The third-order valence-electron chi connectivity index (χ3n) is 6.12. The minimum atomic E-state index is -0.224. The van der Waals surface area contributed by atoms with Crippen molar-refractivity contribution in [2.45, 2.75) is 0 Å². The summed E-state index contributed by atoms with van der Waals surface area (Å²) in [7, 11) is 3.18. The van der Waals surface area contributed by atoms with E-state index in [9.17, 15) is 4.79 Å². The van der Waals surface area contributed by atoms with Crippen LogP contribution in [0.5, 0.6) is 11.5 Å². The van der Waals surface area contributed by atoms with Gasteiger partial charge >= 0.3 is 0 Å². The number of fused-ring (bicyclic) bond motifs is 2. The largest absolute Gasteiger partial charge is 0.493 e. The fourth-order valence-corrected chi connectivity index (χ4v) is 4.24. The van der Waals surface area contributed by atoms with Gasteiger partial charge < -0.3 is 29.5 Å². The zero-order valence-corrected chi connectivity index (χ0v) is 20.6. The highest BCUT2D eigenvalue weighted by atomic mass is 16.5. The monoisotopic (exact) mass is 505 g/mol. The number of hydrogen-bond donors (Lipinski definition) is 3. The zero-order chi connectivity index (χ0) is 26.1. The maximum atomic E-state index is 13.1. The van der Waals surface area contributed by atoms with Gasteiger partial charge in [-0.2, -0.15) is 0 Å². The molecule has 10 nitrogen and oxygen atoms in total. The third-order valence-corrected chi connectivity index (χ3v) is 6.12. The molecule has 6 rings (SSSR count). The highest BCUT2D eigenvalue weighted by Crippen LogP contribution is 2.32. The number of H-pyrrole nitrogens is 1. The van der Waals surface area contributed by atoms with E-state index in [1.165, 1.54) is 0 Å². The van der Waals surface area contributed by atoms with E-state index in [0.717, 1.165) is 22.3 Å². The third kappa shape index (κ3) is 4.35. The molecule has 6 aromatic rings. The van der Waals surface area contributed by atoms with Gasteiger partial charge in [0, 0.05) is 47.2 Å². The molecule has 0 aliphatic rings. The molecule has 3 aromatic carbocycles. The van der Waals surface area contributed by atoms with Gasteiger partial charge in [0.2, 0.25) is 0 Å². The van der Waals surface area contributed by atoms with Gasteiger partial charge in [-0.25, -0.2) is 15.0 Å². The summed E-state index contributed by atoms with van der Waals surface area (Å²) < 4.78 is 12.7. The fraction of sp³-hybridized carbons (Fsp3) is 0.0714. The predicted molar refractivity (Wildman–Crippen MR) is 145 cm³/mol. The Bertz CT molecular complexity index is 1790. The molecule has 0 radical (unpaired) electrons. The number of benzene rings is 3. The Labute approximate surface area is 217 Å². The highest BCUT2D eigenvalue weighted by molar-refractivity contribution is 6.05. The van der Waals surface area contributed by atoms with Gasteiger partial charge in [0.1, 0.15) is 0 Å². The van der Waals surface area contributed by atoms with Crippen molar-refractivity contribution >= 4 is 39.8 Å². The summed E-state index contributed by atoms with van der Waals surface area (Å²) in [6, 6.07) is 18.4. The number of nitrogens with one attached hydrogen (secondary N) is 3. The van der Waals surface area contributed by atoms with E-state index in [-0.39, 0.29) is 5.91 Å². The fourth-order valence-electron chi connectivity index (χ4n) is 4.24. The number of carbonyl (C=O) groups is 1. The van der Waals surface area contributed by atoms with Gasteiger partial charge in [-0.3, -0.25) is 4.79 Å². The first-order valence-corrected chi connectivity index (χ1v) is 11.8. The van der Waals surface area contributed by atoms with Crippen LogP contribution in [0.25, 0.3) is 27.9 Å². The molecule has 188 valence electrons. The van der Waals surface area contributed by atoms with Gasteiger partial charge in [-0.1, -0.05) is 12.1 Å². The van der Waals surface area contributed by atoms with Crippen LogP contribution in [0.1, 0.15) is 10.4 Å². The quantitative estimate of drug-likeness (QED) is 0.270. The van der Waals surface area contributed by atoms with E-state index in [0.29, 0.717) is 39.9 Å². The van der Waals surface area contributed by atoms with Gasteiger partial charge in [-0.05, 0) is 42.5 Å². The van der Waals surface area contributed by atoms with E-state index in [4.69, 9.17) is 14.5 Å². The van der Waals surface area contributed by atoms with Crippen LogP contribution in [0.15, 0.2) is 85.6 Å². The van der Waals surface area contributed by atoms with Gasteiger partial charge in [-0.15, -0.1) is 0 Å². The van der Waals surface area contributed by atoms with Crippen LogP contribution in [0, 0.1) is 0 Å². The zero-order valence-electron chi connectivity index (χ0n) is 20.6. The van der Waals surface area contributed by atoms with E-state index in [1.807, 2.05) is 71.4 Å². The minimum Gasteiger partial charge on any atom is -0.493 e. The number of methoxy groups -OCH3 is 2. The molecular weight excluding hydrogens is 482 g/mol. The first-order chi connectivity index (χ1) is 18.6. The molecule has 3 N–H and O–H groups in total. The Morgan fingerprint density at radius 3 is 2.68 bits per heavy atom. The molecule has 38 heavy (non-hydrogen) atoms. The molecule has 0 saturated carbocycles. The predicted octanol–water partition coefficient (Wildman–Crippen LogP) is 5.29. The number of rotatable bonds is 7. The lowest BCUT2D eigenvalue weighted by Gasteiger charge is -2.13. The number of nitrogens with zero attached hydrogens (tertiary/aromatic N) is 4. The Balaban J connectivity index is 1.31. The number of amides is 1. The lowest BCUT2D eigenvalue weighted by atomic mass is 10.1. The molecule has 3 aromatic heterocycles. The van der Waals surface area contributed by atoms with Crippen molar-refractivity contribution in [3.63, 3.8) is 0 Å². The molecule has 1 amide bonds. The summed E-state index contributed by atoms with van der Waals surface area (Å²) in [6.07, 6.45) is 7.06. The smallest absolute Gasteiger partial charge is 0.255 e. The Hall–Kier alpha value is -5.38. The van der Waals surface area contributed by atoms with Crippen LogP contribution < -0.4 is 20.1 Å². The number of anilines is 3. The minimum absolute atomic E-state index is 0.224. The van der Waals surface area contributed by atoms with E-state index < -0.39 is 0 Å². The highest BCUT2D eigenvalue weighted by Gasteiger charge is 2.14. The molecular formula is C28H23N7O3. The second-order valence-electron chi connectivity index (χ2n) is 8.50. The van der Waals surface area contributed by atoms with Crippen LogP contribution >= 0.6 is 0 Å². The maximum absolute atomic E-state index is 13.1. The number of imidazole rings is 2. The molecule has 0 bridgehead atoms. The number of hydrogen-bond acceptors (Lipinski definition) is 7. The molecule has 0 unspecified atom stereocenters. The van der Waals surface area contributed by atoms with Crippen molar-refractivity contribution in [1.82, 2.24) is 24.3 Å². The molecule has 0 spiro atoms. The number of aromatic amines is 1. The molecule has 0 aliphatic heterocycles. The molecule has 0 atom stereocenters. The molecule has 10 heteroatoms. The molecule has 0 saturated heterocycles. The van der Waals surface area contributed by atoms with Crippen molar-refractivity contribution in [2.75, 3.05) is 24.9 Å². The first-order valence-electron chi connectivity index (χ1n) is 11.8. The summed E-state index contributed by atoms with van der Waals surface area (Å²) in [5.74, 6) is 1.56. The lowest BCUT2D eigenvalue weighted by molar-refractivity contribution is 0.102. The maximum Gasteiger partial charge on any atom is 0.255 e. The lowest BCUT2D eigenvalue weighted by Crippen LogP contribution is -2.12. The summed E-state index contributed by atoms with van der Waals surface area (Å²) in [4.78, 5) is 29.6. The van der Waals surface area contributed by atoms with Crippen LogP contribution in [-0.4, -0.2) is 44.5 Å². The standard InChI is InChI=1S/C28H23N7O3/c1-37-24-9-7-20(14-25(24)38-2)32-26-27-29-10-11-35(27)15-23(34-26)17-4-3-5-18(12-17)28(36)33-19-6-8-21-22(13-19)31-16-30-21/h3-16H,1-2H3,(H,30,31)(H,32,34)(H,33,36). The second kappa shape index (κ2) is 9.58.